The van der Waals surface area contributed by atoms with Gasteiger partial charge in [0.25, 0.3) is 5.56 Å². The van der Waals surface area contributed by atoms with E-state index in [9.17, 15) is 14.7 Å². The zero-order valence-corrected chi connectivity index (χ0v) is 10.8. The van der Waals surface area contributed by atoms with Crippen LogP contribution in [0, 0.1) is 0 Å². The number of nitrogens with one attached hydrogen (secondary N) is 1. The van der Waals surface area contributed by atoms with Gasteiger partial charge >= 0.3 is 5.69 Å². The summed E-state index contributed by atoms with van der Waals surface area (Å²) in [5, 5.41) is 9.89. The Morgan fingerprint density at radius 3 is 3.10 bits per heavy atom. The Hall–Kier alpha value is -1.90. The number of nitrogens with zero attached hydrogens (tertiary/aromatic N) is 1. The van der Waals surface area contributed by atoms with Crippen LogP contribution in [0.2, 0.25) is 0 Å². The number of hydrogen-bond acceptors (Lipinski definition) is 6. The molecule has 1 aliphatic heterocycles. The number of anilines is 1. The Balaban J connectivity index is 2.12. The molecular formula is C12H17N3O5. The number of H-pyrrole nitrogens is 1. The van der Waals surface area contributed by atoms with E-state index >= 15 is 0 Å². The highest BCUT2D eigenvalue weighted by Crippen LogP contribution is 2.27. The van der Waals surface area contributed by atoms with E-state index < -0.39 is 29.7 Å². The van der Waals surface area contributed by atoms with E-state index in [1.807, 2.05) is 0 Å². The van der Waals surface area contributed by atoms with Crippen LogP contribution in [0.1, 0.15) is 12.6 Å². The number of nitrogen functional groups attached to an aromatic ring is 1. The first-order valence-electron chi connectivity index (χ1n) is 6.16. The van der Waals surface area contributed by atoms with E-state index in [0.29, 0.717) is 6.61 Å². The molecule has 1 aliphatic rings. The van der Waals surface area contributed by atoms with E-state index in [-0.39, 0.29) is 18.7 Å². The van der Waals surface area contributed by atoms with E-state index in [4.69, 9.17) is 15.2 Å². The number of nitrogens with two attached hydrogens (primary N) is 1. The molecule has 4 N–H and O–H groups in total. The zero-order chi connectivity index (χ0) is 14.7. The lowest BCUT2D eigenvalue weighted by molar-refractivity contribution is -0.0594. The zero-order valence-electron chi connectivity index (χ0n) is 10.8. The van der Waals surface area contributed by atoms with Crippen molar-refractivity contribution in [1.29, 1.82) is 0 Å². The fourth-order valence-electron chi connectivity index (χ4n) is 2.02. The van der Waals surface area contributed by atoms with Gasteiger partial charge in [0.05, 0.1) is 19.3 Å². The van der Waals surface area contributed by atoms with Crippen molar-refractivity contribution in [3.63, 3.8) is 0 Å². The number of aromatic nitrogens is 2. The second-order valence-electron chi connectivity index (χ2n) is 4.51. The standard InChI is InChI=1S/C12H17N3O5/c1-2-3-19-6-9-8(16)4-10(20-9)15-5-7(13)11(17)14-12(15)18/h2,5,8-10,16H,1,3-4,6,13H2,(H,14,17,18)/t8-,9+,10+/m0/s1. The van der Waals surface area contributed by atoms with Crippen molar-refractivity contribution in [2.24, 2.45) is 0 Å². The van der Waals surface area contributed by atoms with Gasteiger partial charge in [-0.1, -0.05) is 6.08 Å². The minimum atomic E-state index is -0.759. The van der Waals surface area contributed by atoms with Crippen LogP contribution in [0.25, 0.3) is 0 Å². The van der Waals surface area contributed by atoms with E-state index in [1.54, 1.807) is 6.08 Å². The second-order valence-corrected chi connectivity index (χ2v) is 4.51. The van der Waals surface area contributed by atoms with Crippen molar-refractivity contribution in [2.45, 2.75) is 24.9 Å². The molecule has 1 aromatic rings. The normalized spacial score (nSPS) is 25.8. The Morgan fingerprint density at radius 2 is 2.40 bits per heavy atom. The monoisotopic (exact) mass is 283 g/mol. The van der Waals surface area contributed by atoms with Crippen molar-refractivity contribution < 1.29 is 14.6 Å². The molecule has 110 valence electrons. The predicted molar refractivity (Wildman–Crippen MR) is 71.3 cm³/mol. The van der Waals surface area contributed by atoms with Gasteiger partial charge in [0, 0.05) is 12.6 Å². The van der Waals surface area contributed by atoms with Gasteiger partial charge in [-0.15, -0.1) is 6.58 Å². The van der Waals surface area contributed by atoms with Crippen molar-refractivity contribution in [3.05, 3.63) is 39.7 Å². The Morgan fingerprint density at radius 1 is 1.65 bits per heavy atom. The van der Waals surface area contributed by atoms with Gasteiger partial charge in [0.2, 0.25) is 0 Å². The highest BCUT2D eigenvalue weighted by molar-refractivity contribution is 5.30. The summed E-state index contributed by atoms with van der Waals surface area (Å²) >= 11 is 0. The predicted octanol–water partition coefficient (Wildman–Crippen LogP) is -1.03. The van der Waals surface area contributed by atoms with Crippen LogP contribution < -0.4 is 17.0 Å². The van der Waals surface area contributed by atoms with Crippen molar-refractivity contribution >= 4 is 5.69 Å². The molecule has 0 aliphatic carbocycles. The molecule has 0 spiro atoms. The SMILES string of the molecule is C=CCOC[C@H]1O[C@@H](n2cc(N)c(=O)[nH]c2=O)C[C@@H]1O. The van der Waals surface area contributed by atoms with Crippen LogP contribution in [0.15, 0.2) is 28.4 Å². The minimum Gasteiger partial charge on any atom is -0.393 e. The number of aromatic amines is 1. The number of ether oxygens (including phenoxy) is 2. The molecule has 0 bridgehead atoms. The lowest BCUT2D eigenvalue weighted by Crippen LogP contribution is -2.33. The smallest absolute Gasteiger partial charge is 0.330 e. The first-order chi connectivity index (χ1) is 9.52. The molecule has 20 heavy (non-hydrogen) atoms. The maximum atomic E-state index is 11.7. The number of hydrogen-bond donors (Lipinski definition) is 3. The molecule has 2 heterocycles. The molecular weight excluding hydrogens is 266 g/mol. The van der Waals surface area contributed by atoms with Gasteiger partial charge in [0.15, 0.2) is 0 Å². The van der Waals surface area contributed by atoms with Crippen LogP contribution in [0.4, 0.5) is 5.69 Å². The van der Waals surface area contributed by atoms with E-state index in [1.165, 1.54) is 6.20 Å². The lowest BCUT2D eigenvalue weighted by atomic mass is 10.2. The molecule has 0 unspecified atom stereocenters. The molecule has 0 aromatic carbocycles. The molecule has 0 amide bonds. The molecule has 0 radical (unpaired) electrons. The van der Waals surface area contributed by atoms with Gasteiger partial charge < -0.3 is 20.3 Å². The van der Waals surface area contributed by atoms with Crippen molar-refractivity contribution in [3.8, 4) is 0 Å². The Kier molecular flexibility index (Phi) is 4.38. The second kappa shape index (κ2) is 6.04. The van der Waals surface area contributed by atoms with Gasteiger partial charge in [0.1, 0.15) is 18.0 Å². The fourth-order valence-corrected chi connectivity index (χ4v) is 2.02. The topological polar surface area (TPSA) is 120 Å². The van der Waals surface area contributed by atoms with Gasteiger partial charge in [-0.3, -0.25) is 14.3 Å². The highest BCUT2D eigenvalue weighted by Gasteiger charge is 2.35. The van der Waals surface area contributed by atoms with Crippen LogP contribution >= 0.6 is 0 Å². The maximum absolute atomic E-state index is 11.7. The van der Waals surface area contributed by atoms with Crippen LogP contribution in [-0.4, -0.2) is 40.1 Å². The summed E-state index contributed by atoms with van der Waals surface area (Å²) in [6, 6.07) is 0. The van der Waals surface area contributed by atoms with E-state index in [0.717, 1.165) is 4.57 Å². The van der Waals surface area contributed by atoms with Crippen LogP contribution in [-0.2, 0) is 9.47 Å². The van der Waals surface area contributed by atoms with Crippen molar-refractivity contribution in [1.82, 2.24) is 9.55 Å². The Bertz CT molecular complexity index is 593. The van der Waals surface area contributed by atoms with Crippen LogP contribution in [0.3, 0.4) is 0 Å². The molecule has 0 saturated carbocycles. The largest absolute Gasteiger partial charge is 0.393 e. The van der Waals surface area contributed by atoms with Gasteiger partial charge in [-0.2, -0.15) is 0 Å². The summed E-state index contributed by atoms with van der Waals surface area (Å²) < 4.78 is 11.9. The number of aliphatic hydroxyl groups is 1. The first kappa shape index (κ1) is 14.5. The van der Waals surface area contributed by atoms with Crippen LogP contribution in [0.5, 0.6) is 0 Å². The van der Waals surface area contributed by atoms with Gasteiger partial charge in [-0.05, 0) is 0 Å². The lowest BCUT2D eigenvalue weighted by Gasteiger charge is -2.16. The average molecular weight is 283 g/mol. The molecule has 1 aromatic heterocycles. The average Bonchev–Trinajstić information content (AvgIpc) is 2.76. The summed E-state index contributed by atoms with van der Waals surface area (Å²) in [5.41, 5.74) is 4.11. The van der Waals surface area contributed by atoms with Gasteiger partial charge in [-0.25, -0.2) is 4.79 Å². The molecule has 1 fully saturated rings. The summed E-state index contributed by atoms with van der Waals surface area (Å²) in [5.74, 6) is 0. The fraction of sp³-hybridized carbons (Fsp3) is 0.500. The summed E-state index contributed by atoms with van der Waals surface area (Å²) in [6.45, 7) is 4.06. The third-order valence-corrected chi connectivity index (χ3v) is 3.03. The Labute approximate surface area is 114 Å². The molecule has 8 heteroatoms. The quantitative estimate of drug-likeness (QED) is 0.469. The molecule has 2 rings (SSSR count). The van der Waals surface area contributed by atoms with E-state index in [2.05, 4.69) is 11.6 Å². The highest BCUT2D eigenvalue weighted by atomic mass is 16.6. The number of rotatable bonds is 5. The summed E-state index contributed by atoms with van der Waals surface area (Å²) in [4.78, 5) is 25.0. The summed E-state index contributed by atoms with van der Waals surface area (Å²) in [6.07, 6.45) is 1.03. The minimum absolute atomic E-state index is 0.0888. The molecule has 3 atom stereocenters. The summed E-state index contributed by atoms with van der Waals surface area (Å²) in [7, 11) is 0. The molecule has 1 saturated heterocycles. The maximum Gasteiger partial charge on any atom is 0.330 e. The first-order valence-corrected chi connectivity index (χ1v) is 6.16. The molecule has 8 nitrogen and oxygen atoms in total. The number of aliphatic hydroxyl groups excluding tert-OH is 1. The third-order valence-electron chi connectivity index (χ3n) is 3.03. The third kappa shape index (κ3) is 2.98. The van der Waals surface area contributed by atoms with Crippen molar-refractivity contribution in [2.75, 3.05) is 18.9 Å².